The van der Waals surface area contributed by atoms with Crippen LogP contribution in [-0.2, 0) is 4.74 Å². The van der Waals surface area contributed by atoms with Crippen LogP contribution < -0.4 is 0 Å². The molecule has 0 saturated heterocycles. The molecular weight excluding hydrogens is 266 g/mol. The maximum absolute atomic E-state index is 12.7. The minimum Gasteiger partial charge on any atom is -0.506 e. The highest BCUT2D eigenvalue weighted by Gasteiger charge is 2.33. The number of phenols is 1. The third kappa shape index (κ3) is 2.72. The van der Waals surface area contributed by atoms with Crippen molar-refractivity contribution in [2.45, 2.75) is 18.9 Å². The first kappa shape index (κ1) is 13.9. The number of rotatable bonds is 5. The van der Waals surface area contributed by atoms with Crippen molar-refractivity contribution in [3.8, 4) is 5.75 Å². The lowest BCUT2D eigenvalue weighted by molar-refractivity contribution is 0.0677. The van der Waals surface area contributed by atoms with Crippen molar-refractivity contribution in [2.24, 2.45) is 0 Å². The normalized spacial score (nSPS) is 14.3. The van der Waals surface area contributed by atoms with Crippen LogP contribution >= 0.6 is 0 Å². The predicted octanol–water partition coefficient (Wildman–Crippen LogP) is 2.80. The zero-order valence-corrected chi connectivity index (χ0v) is 12.1. The molecule has 21 heavy (non-hydrogen) atoms. The third-order valence-corrected chi connectivity index (χ3v) is 3.92. The van der Waals surface area contributed by atoms with E-state index in [0.29, 0.717) is 30.1 Å². The molecule has 1 saturated carbocycles. The van der Waals surface area contributed by atoms with Crippen LogP contribution in [0.5, 0.6) is 5.75 Å². The van der Waals surface area contributed by atoms with Gasteiger partial charge < -0.3 is 14.7 Å². The first-order valence-corrected chi connectivity index (χ1v) is 7.23. The summed E-state index contributed by atoms with van der Waals surface area (Å²) in [7, 11) is 1.63. The Morgan fingerprint density at radius 1 is 1.29 bits per heavy atom. The van der Waals surface area contributed by atoms with E-state index in [1.54, 1.807) is 13.2 Å². The summed E-state index contributed by atoms with van der Waals surface area (Å²) < 4.78 is 5.08. The molecule has 1 amide bonds. The van der Waals surface area contributed by atoms with E-state index in [2.05, 4.69) is 0 Å². The zero-order chi connectivity index (χ0) is 14.8. The van der Waals surface area contributed by atoms with Crippen LogP contribution in [0.25, 0.3) is 10.8 Å². The fraction of sp³-hybridized carbons (Fsp3) is 0.353. The molecule has 0 aliphatic heterocycles. The molecule has 0 aromatic heterocycles. The van der Waals surface area contributed by atoms with Gasteiger partial charge in [-0.2, -0.15) is 0 Å². The highest BCUT2D eigenvalue weighted by Crippen LogP contribution is 2.33. The van der Waals surface area contributed by atoms with Crippen LogP contribution in [0.4, 0.5) is 0 Å². The molecule has 110 valence electrons. The molecule has 3 rings (SSSR count). The summed E-state index contributed by atoms with van der Waals surface area (Å²) >= 11 is 0. The molecule has 1 N–H and O–H groups in total. The number of hydrogen-bond acceptors (Lipinski definition) is 3. The number of carbonyl (C=O) groups is 1. The Bertz CT molecular complexity index is 664. The molecule has 2 aromatic rings. The number of ether oxygens (including phenoxy) is 1. The van der Waals surface area contributed by atoms with Gasteiger partial charge in [-0.25, -0.2) is 0 Å². The maximum atomic E-state index is 12.7. The standard InChI is InChI=1S/C17H19NO3/c1-21-11-10-18(13-7-8-13)17(20)15-9-6-12-4-2-3-5-14(12)16(15)19/h2-6,9,13,19H,7-8,10-11H2,1H3. The number of nitrogens with zero attached hydrogens (tertiary/aromatic N) is 1. The molecule has 1 aliphatic carbocycles. The zero-order valence-electron chi connectivity index (χ0n) is 12.1. The second-order valence-corrected chi connectivity index (χ2v) is 5.41. The first-order chi connectivity index (χ1) is 10.2. The molecule has 0 radical (unpaired) electrons. The average molecular weight is 285 g/mol. The quantitative estimate of drug-likeness (QED) is 0.919. The molecule has 4 heteroatoms. The Kier molecular flexibility index (Phi) is 3.80. The minimum absolute atomic E-state index is 0.0705. The summed E-state index contributed by atoms with van der Waals surface area (Å²) in [6.07, 6.45) is 2.06. The molecule has 0 bridgehead atoms. The van der Waals surface area contributed by atoms with Gasteiger partial charge in [0.25, 0.3) is 5.91 Å². The fourth-order valence-electron chi connectivity index (χ4n) is 2.61. The molecule has 0 unspecified atom stereocenters. The first-order valence-electron chi connectivity index (χ1n) is 7.23. The van der Waals surface area contributed by atoms with Gasteiger partial charge in [-0.05, 0) is 24.3 Å². The van der Waals surface area contributed by atoms with Crippen molar-refractivity contribution < 1.29 is 14.6 Å². The van der Waals surface area contributed by atoms with Crippen molar-refractivity contribution in [3.05, 3.63) is 42.0 Å². The van der Waals surface area contributed by atoms with E-state index >= 15 is 0 Å². The van der Waals surface area contributed by atoms with Crippen LogP contribution in [-0.4, -0.2) is 42.2 Å². The number of phenolic OH excluding ortho intramolecular Hbond substituents is 1. The van der Waals surface area contributed by atoms with E-state index in [1.165, 1.54) is 0 Å². The largest absolute Gasteiger partial charge is 0.506 e. The lowest BCUT2D eigenvalue weighted by atomic mass is 10.0. The van der Waals surface area contributed by atoms with Crippen LogP contribution in [0, 0.1) is 0 Å². The van der Waals surface area contributed by atoms with E-state index in [0.717, 1.165) is 18.2 Å². The highest BCUT2D eigenvalue weighted by molar-refractivity contribution is 6.03. The van der Waals surface area contributed by atoms with Crippen LogP contribution in [0.15, 0.2) is 36.4 Å². The fourth-order valence-corrected chi connectivity index (χ4v) is 2.61. The second-order valence-electron chi connectivity index (χ2n) is 5.41. The Morgan fingerprint density at radius 3 is 2.76 bits per heavy atom. The predicted molar refractivity (Wildman–Crippen MR) is 81.5 cm³/mol. The van der Waals surface area contributed by atoms with E-state index in [9.17, 15) is 9.90 Å². The van der Waals surface area contributed by atoms with Crippen molar-refractivity contribution in [1.29, 1.82) is 0 Å². The van der Waals surface area contributed by atoms with Crippen molar-refractivity contribution in [2.75, 3.05) is 20.3 Å². The molecule has 1 aliphatic rings. The minimum atomic E-state index is -0.113. The second kappa shape index (κ2) is 5.74. The van der Waals surface area contributed by atoms with Gasteiger partial charge in [-0.15, -0.1) is 0 Å². The van der Waals surface area contributed by atoms with Crippen molar-refractivity contribution in [1.82, 2.24) is 4.90 Å². The third-order valence-electron chi connectivity index (χ3n) is 3.92. The van der Waals surface area contributed by atoms with E-state index < -0.39 is 0 Å². The number of methoxy groups -OCH3 is 1. The Labute approximate surface area is 123 Å². The van der Waals surface area contributed by atoms with Gasteiger partial charge in [-0.1, -0.05) is 30.3 Å². The lowest BCUT2D eigenvalue weighted by Crippen LogP contribution is -2.35. The maximum Gasteiger partial charge on any atom is 0.257 e. The van der Waals surface area contributed by atoms with Crippen LogP contribution in [0.3, 0.4) is 0 Å². The molecule has 1 fully saturated rings. The summed E-state index contributed by atoms with van der Waals surface area (Å²) in [4.78, 5) is 14.5. The van der Waals surface area contributed by atoms with Gasteiger partial charge in [0, 0.05) is 25.1 Å². The Hall–Kier alpha value is -2.07. The summed E-state index contributed by atoms with van der Waals surface area (Å²) in [5.41, 5.74) is 0.372. The summed E-state index contributed by atoms with van der Waals surface area (Å²) in [5.74, 6) is -0.0426. The van der Waals surface area contributed by atoms with Gasteiger partial charge in [-0.3, -0.25) is 4.79 Å². The number of hydrogen-bond donors (Lipinski definition) is 1. The highest BCUT2D eigenvalue weighted by atomic mass is 16.5. The number of amides is 1. The van der Waals surface area contributed by atoms with Gasteiger partial charge >= 0.3 is 0 Å². The summed E-state index contributed by atoms with van der Waals surface area (Å²) in [6, 6.07) is 11.4. The molecule has 0 heterocycles. The van der Waals surface area contributed by atoms with Gasteiger partial charge in [0.1, 0.15) is 5.75 Å². The SMILES string of the molecule is COCCN(C(=O)c1ccc2ccccc2c1O)C1CC1. The van der Waals surface area contributed by atoms with E-state index in [1.807, 2.05) is 35.2 Å². The topological polar surface area (TPSA) is 49.8 Å². The smallest absolute Gasteiger partial charge is 0.257 e. The number of fused-ring (bicyclic) bond motifs is 1. The van der Waals surface area contributed by atoms with E-state index in [-0.39, 0.29) is 11.7 Å². The average Bonchev–Trinajstić information content (AvgIpc) is 3.33. The number of carbonyl (C=O) groups excluding carboxylic acids is 1. The Morgan fingerprint density at radius 2 is 2.05 bits per heavy atom. The van der Waals surface area contributed by atoms with Crippen molar-refractivity contribution in [3.63, 3.8) is 0 Å². The summed E-state index contributed by atoms with van der Waals surface area (Å²) in [6.45, 7) is 1.07. The Balaban J connectivity index is 1.94. The molecular formula is C17H19NO3. The molecule has 4 nitrogen and oxygen atoms in total. The van der Waals surface area contributed by atoms with Gasteiger partial charge in [0.2, 0.25) is 0 Å². The van der Waals surface area contributed by atoms with E-state index in [4.69, 9.17) is 4.74 Å². The molecule has 2 aromatic carbocycles. The molecule has 0 atom stereocenters. The number of aromatic hydroxyl groups is 1. The summed E-state index contributed by atoms with van der Waals surface area (Å²) in [5, 5.41) is 12.1. The monoisotopic (exact) mass is 285 g/mol. The number of benzene rings is 2. The lowest BCUT2D eigenvalue weighted by Gasteiger charge is -2.22. The van der Waals surface area contributed by atoms with Crippen LogP contribution in [0.2, 0.25) is 0 Å². The van der Waals surface area contributed by atoms with Gasteiger partial charge in [0.05, 0.1) is 12.2 Å². The molecule has 0 spiro atoms. The van der Waals surface area contributed by atoms with Crippen LogP contribution in [0.1, 0.15) is 23.2 Å². The van der Waals surface area contributed by atoms with Gasteiger partial charge in [0.15, 0.2) is 0 Å². The van der Waals surface area contributed by atoms with Crippen molar-refractivity contribution >= 4 is 16.7 Å².